The van der Waals surface area contributed by atoms with Crippen LogP contribution in [-0.2, 0) is 17.8 Å². The van der Waals surface area contributed by atoms with Crippen molar-refractivity contribution in [3.8, 4) is 5.75 Å². The number of carbonyl (C=O) groups excluding carboxylic acids is 2. The SMILES string of the molecule is CCNC(=O)c1ccc(COc2ccc3c(c2)[C@H](c2ccc(F)cc2)N(C(=O)CC(C)C)CC3)o1. The first-order valence-electron chi connectivity index (χ1n) is 12.0. The van der Waals surface area contributed by atoms with E-state index in [2.05, 4.69) is 5.32 Å². The molecule has 0 spiro atoms. The van der Waals surface area contributed by atoms with Crippen LogP contribution in [0.1, 0.15) is 66.2 Å². The standard InChI is InChI=1S/C28H31FN2O4/c1-4-30-28(33)25-12-11-23(35-25)17-34-22-10-7-19-13-14-31(26(32)15-18(2)3)27(24(19)16-22)20-5-8-21(29)9-6-20/h5-12,16,18,27H,4,13-15,17H2,1-3H3,(H,30,33)/t27-/m0/s1. The quantitative estimate of drug-likeness (QED) is 0.479. The van der Waals surface area contributed by atoms with E-state index >= 15 is 0 Å². The van der Waals surface area contributed by atoms with Crippen molar-refractivity contribution < 1.29 is 23.1 Å². The summed E-state index contributed by atoms with van der Waals surface area (Å²) in [5.41, 5.74) is 2.97. The van der Waals surface area contributed by atoms with Gasteiger partial charge in [-0.25, -0.2) is 4.39 Å². The van der Waals surface area contributed by atoms with Crippen molar-refractivity contribution in [2.24, 2.45) is 5.92 Å². The first-order valence-corrected chi connectivity index (χ1v) is 12.0. The van der Waals surface area contributed by atoms with Gasteiger partial charge in [-0.2, -0.15) is 0 Å². The number of benzene rings is 2. The van der Waals surface area contributed by atoms with Gasteiger partial charge >= 0.3 is 0 Å². The largest absolute Gasteiger partial charge is 0.486 e. The monoisotopic (exact) mass is 478 g/mol. The minimum Gasteiger partial charge on any atom is -0.486 e. The van der Waals surface area contributed by atoms with Gasteiger partial charge in [0.25, 0.3) is 5.91 Å². The van der Waals surface area contributed by atoms with Crippen molar-refractivity contribution in [1.29, 1.82) is 0 Å². The molecule has 184 valence electrons. The molecule has 0 saturated heterocycles. The average Bonchev–Trinajstić information content (AvgIpc) is 3.31. The fourth-order valence-corrected chi connectivity index (χ4v) is 4.40. The fourth-order valence-electron chi connectivity index (χ4n) is 4.40. The fraction of sp³-hybridized carbons (Fsp3) is 0.357. The first kappa shape index (κ1) is 24.5. The van der Waals surface area contributed by atoms with E-state index in [1.54, 1.807) is 24.3 Å². The molecule has 0 unspecified atom stereocenters. The van der Waals surface area contributed by atoms with E-state index in [9.17, 15) is 14.0 Å². The van der Waals surface area contributed by atoms with Crippen molar-refractivity contribution in [2.75, 3.05) is 13.1 Å². The van der Waals surface area contributed by atoms with Gasteiger partial charge in [-0.05, 0) is 72.4 Å². The Bertz CT molecular complexity index is 1190. The van der Waals surface area contributed by atoms with Gasteiger partial charge in [0.2, 0.25) is 5.91 Å². The summed E-state index contributed by atoms with van der Waals surface area (Å²) >= 11 is 0. The van der Waals surface area contributed by atoms with Crippen LogP contribution in [-0.4, -0.2) is 29.8 Å². The van der Waals surface area contributed by atoms with Crippen LogP contribution in [0.15, 0.2) is 59.0 Å². The summed E-state index contributed by atoms with van der Waals surface area (Å²) in [6.07, 6.45) is 1.20. The summed E-state index contributed by atoms with van der Waals surface area (Å²) < 4.78 is 25.2. The molecule has 6 nitrogen and oxygen atoms in total. The first-order chi connectivity index (χ1) is 16.9. The van der Waals surface area contributed by atoms with Crippen LogP contribution in [0, 0.1) is 11.7 Å². The number of hydrogen-bond donors (Lipinski definition) is 1. The lowest BCUT2D eigenvalue weighted by Gasteiger charge is -2.38. The van der Waals surface area contributed by atoms with Crippen LogP contribution in [0.25, 0.3) is 0 Å². The van der Waals surface area contributed by atoms with Crippen molar-refractivity contribution in [3.63, 3.8) is 0 Å². The Balaban J connectivity index is 1.59. The molecule has 35 heavy (non-hydrogen) atoms. The second-order valence-electron chi connectivity index (χ2n) is 9.16. The van der Waals surface area contributed by atoms with Gasteiger partial charge in [-0.3, -0.25) is 9.59 Å². The van der Waals surface area contributed by atoms with Crippen LogP contribution in [0.4, 0.5) is 4.39 Å². The third-order valence-corrected chi connectivity index (χ3v) is 6.04. The zero-order valence-corrected chi connectivity index (χ0v) is 20.3. The molecule has 2 amide bonds. The number of nitrogens with zero attached hydrogens (tertiary/aromatic N) is 1. The highest BCUT2D eigenvalue weighted by Gasteiger charge is 2.32. The van der Waals surface area contributed by atoms with Gasteiger partial charge in [0.1, 0.15) is 23.9 Å². The normalized spacial score (nSPS) is 15.1. The Hall–Kier alpha value is -3.61. The third kappa shape index (κ3) is 5.73. The predicted octanol–water partition coefficient (Wildman–Crippen LogP) is 5.27. The van der Waals surface area contributed by atoms with E-state index < -0.39 is 0 Å². The maximum Gasteiger partial charge on any atom is 0.286 e. The molecule has 7 heteroatoms. The van der Waals surface area contributed by atoms with Crippen LogP contribution in [0.3, 0.4) is 0 Å². The van der Waals surface area contributed by atoms with Gasteiger partial charge in [-0.15, -0.1) is 0 Å². The molecule has 4 rings (SSSR count). The summed E-state index contributed by atoms with van der Waals surface area (Å²) in [5, 5.41) is 2.70. The van der Waals surface area contributed by atoms with Gasteiger partial charge in [0.05, 0.1) is 6.04 Å². The Kier molecular flexibility index (Phi) is 7.54. The molecule has 1 aliphatic rings. The van der Waals surface area contributed by atoms with Gasteiger partial charge in [0.15, 0.2) is 5.76 Å². The summed E-state index contributed by atoms with van der Waals surface area (Å²) in [6, 6.07) is 15.2. The van der Waals surface area contributed by atoms with Gasteiger partial charge < -0.3 is 19.4 Å². The number of nitrogens with one attached hydrogen (secondary N) is 1. The van der Waals surface area contributed by atoms with Gasteiger partial charge in [-0.1, -0.05) is 32.0 Å². The lowest BCUT2D eigenvalue weighted by atomic mass is 9.87. The molecule has 1 atom stereocenters. The summed E-state index contributed by atoms with van der Waals surface area (Å²) in [4.78, 5) is 27.0. The van der Waals surface area contributed by atoms with Crippen LogP contribution >= 0.6 is 0 Å². The molecule has 1 aliphatic heterocycles. The molecular formula is C28H31FN2O4. The molecule has 2 heterocycles. The summed E-state index contributed by atoms with van der Waals surface area (Å²) in [5.74, 6) is 1.15. The lowest BCUT2D eigenvalue weighted by Crippen LogP contribution is -2.41. The molecule has 1 aromatic heterocycles. The minimum atomic E-state index is -0.317. The highest BCUT2D eigenvalue weighted by molar-refractivity contribution is 5.91. The van der Waals surface area contributed by atoms with E-state index in [1.807, 2.05) is 43.9 Å². The van der Waals surface area contributed by atoms with Crippen molar-refractivity contribution >= 4 is 11.8 Å². The highest BCUT2D eigenvalue weighted by atomic mass is 19.1. The summed E-state index contributed by atoms with van der Waals surface area (Å²) in [6.45, 7) is 7.19. The predicted molar refractivity (Wildman–Crippen MR) is 131 cm³/mol. The Morgan fingerprint density at radius 2 is 1.91 bits per heavy atom. The van der Waals surface area contributed by atoms with Crippen molar-refractivity contribution in [1.82, 2.24) is 10.2 Å². The third-order valence-electron chi connectivity index (χ3n) is 6.04. The molecular weight excluding hydrogens is 447 g/mol. The number of amides is 2. The van der Waals surface area contributed by atoms with E-state index in [0.717, 1.165) is 23.1 Å². The van der Waals surface area contributed by atoms with Crippen LogP contribution in [0.2, 0.25) is 0 Å². The molecule has 0 aliphatic carbocycles. The smallest absolute Gasteiger partial charge is 0.286 e. The second-order valence-corrected chi connectivity index (χ2v) is 9.16. The van der Waals surface area contributed by atoms with Crippen molar-refractivity contribution in [3.05, 3.63) is 88.6 Å². The molecule has 0 fully saturated rings. The van der Waals surface area contributed by atoms with E-state index in [1.165, 1.54) is 12.1 Å². The number of carbonyl (C=O) groups is 2. The summed E-state index contributed by atoms with van der Waals surface area (Å²) in [7, 11) is 0. The minimum absolute atomic E-state index is 0.0831. The number of ether oxygens (including phenoxy) is 1. The number of rotatable bonds is 8. The van der Waals surface area contributed by atoms with Gasteiger partial charge in [0, 0.05) is 19.5 Å². The van der Waals surface area contributed by atoms with Crippen LogP contribution < -0.4 is 10.1 Å². The van der Waals surface area contributed by atoms with E-state index in [-0.39, 0.29) is 42.0 Å². The Morgan fingerprint density at radius 1 is 1.14 bits per heavy atom. The van der Waals surface area contributed by atoms with Crippen molar-refractivity contribution in [2.45, 2.75) is 46.3 Å². The molecule has 0 bridgehead atoms. The lowest BCUT2D eigenvalue weighted by molar-refractivity contribution is -0.134. The maximum absolute atomic E-state index is 13.7. The second kappa shape index (κ2) is 10.8. The Labute approximate surface area is 205 Å². The molecule has 1 N–H and O–H groups in total. The molecule has 2 aromatic carbocycles. The number of fused-ring (bicyclic) bond motifs is 1. The molecule has 3 aromatic rings. The number of hydrogen-bond acceptors (Lipinski definition) is 4. The Morgan fingerprint density at radius 3 is 2.63 bits per heavy atom. The number of furan rings is 1. The molecule has 0 saturated carbocycles. The average molecular weight is 479 g/mol. The zero-order valence-electron chi connectivity index (χ0n) is 20.3. The van der Waals surface area contributed by atoms with Crippen LogP contribution in [0.5, 0.6) is 5.75 Å². The molecule has 0 radical (unpaired) electrons. The zero-order chi connectivity index (χ0) is 24.9. The number of halogens is 1. The van der Waals surface area contributed by atoms with E-state index in [4.69, 9.17) is 9.15 Å². The highest BCUT2D eigenvalue weighted by Crippen LogP contribution is 2.38. The van der Waals surface area contributed by atoms with E-state index in [0.29, 0.717) is 31.0 Å². The maximum atomic E-state index is 13.7. The topological polar surface area (TPSA) is 71.8 Å².